The molecule has 86 valence electrons. The number of hydrogen-bond acceptors (Lipinski definition) is 4. The van der Waals surface area contributed by atoms with Crippen molar-refractivity contribution in [3.8, 4) is 11.8 Å². The van der Waals surface area contributed by atoms with Crippen LogP contribution in [0.15, 0.2) is 27.6 Å². The molecule has 0 radical (unpaired) electrons. The minimum Gasteiger partial charge on any atom is -0.474 e. The standard InChI is InChI=1S/C9H7BrClNO3S/c1-6(5-12)15-8-3-2-7(10)4-9(8)16(11,13)14/h2-4,6H,1H3. The van der Waals surface area contributed by atoms with E-state index in [1.165, 1.54) is 19.1 Å². The summed E-state index contributed by atoms with van der Waals surface area (Å²) >= 11 is 3.13. The highest BCUT2D eigenvalue weighted by atomic mass is 79.9. The lowest BCUT2D eigenvalue weighted by atomic mass is 10.3. The van der Waals surface area contributed by atoms with Crippen molar-refractivity contribution in [2.45, 2.75) is 17.9 Å². The van der Waals surface area contributed by atoms with Gasteiger partial charge in [-0.2, -0.15) is 5.26 Å². The van der Waals surface area contributed by atoms with E-state index in [0.29, 0.717) is 4.47 Å². The maximum Gasteiger partial charge on any atom is 0.265 e. The molecule has 0 fully saturated rings. The van der Waals surface area contributed by atoms with Gasteiger partial charge in [-0.25, -0.2) is 8.42 Å². The Hall–Kier alpha value is -0.770. The van der Waals surface area contributed by atoms with Gasteiger partial charge in [0.15, 0.2) is 6.10 Å². The van der Waals surface area contributed by atoms with Crippen LogP contribution in [0.1, 0.15) is 6.92 Å². The van der Waals surface area contributed by atoms with Gasteiger partial charge >= 0.3 is 0 Å². The largest absolute Gasteiger partial charge is 0.474 e. The quantitative estimate of drug-likeness (QED) is 0.802. The Morgan fingerprint density at radius 2 is 2.19 bits per heavy atom. The van der Waals surface area contributed by atoms with Gasteiger partial charge in [-0.1, -0.05) is 15.9 Å². The first-order valence-electron chi connectivity index (χ1n) is 4.15. The van der Waals surface area contributed by atoms with E-state index in [0.717, 1.165) is 0 Å². The number of nitriles is 1. The van der Waals surface area contributed by atoms with Crippen molar-refractivity contribution in [1.29, 1.82) is 5.26 Å². The summed E-state index contributed by atoms with van der Waals surface area (Å²) < 4.78 is 28.2. The van der Waals surface area contributed by atoms with Gasteiger partial charge in [-0.15, -0.1) is 0 Å². The Bertz CT molecular complexity index is 538. The minimum atomic E-state index is -3.90. The molecule has 0 heterocycles. The average molecular weight is 325 g/mol. The predicted molar refractivity (Wildman–Crippen MR) is 62.9 cm³/mol. The Balaban J connectivity index is 3.25. The van der Waals surface area contributed by atoms with Crippen molar-refractivity contribution in [3.05, 3.63) is 22.7 Å². The van der Waals surface area contributed by atoms with Gasteiger partial charge in [-0.3, -0.25) is 0 Å². The van der Waals surface area contributed by atoms with Crippen molar-refractivity contribution < 1.29 is 13.2 Å². The molecule has 0 bridgehead atoms. The highest BCUT2D eigenvalue weighted by molar-refractivity contribution is 9.10. The molecule has 0 spiro atoms. The van der Waals surface area contributed by atoms with Gasteiger partial charge in [0, 0.05) is 15.2 Å². The summed E-state index contributed by atoms with van der Waals surface area (Å²) in [6.07, 6.45) is -0.752. The van der Waals surface area contributed by atoms with Crippen LogP contribution in [0.25, 0.3) is 0 Å². The molecule has 0 aliphatic rings. The lowest BCUT2D eigenvalue weighted by molar-refractivity contribution is 0.269. The zero-order valence-corrected chi connectivity index (χ0v) is 11.3. The van der Waals surface area contributed by atoms with Crippen LogP contribution in [0.3, 0.4) is 0 Å². The van der Waals surface area contributed by atoms with E-state index in [4.69, 9.17) is 20.7 Å². The summed E-state index contributed by atoms with van der Waals surface area (Å²) in [5, 5.41) is 8.58. The number of rotatable bonds is 3. The summed E-state index contributed by atoms with van der Waals surface area (Å²) in [4.78, 5) is -0.161. The molecule has 1 aromatic carbocycles. The second-order valence-corrected chi connectivity index (χ2v) is 6.37. The van der Waals surface area contributed by atoms with Gasteiger partial charge in [0.1, 0.15) is 16.7 Å². The molecule has 1 aromatic rings. The van der Waals surface area contributed by atoms with Crippen LogP contribution in [-0.2, 0) is 9.05 Å². The van der Waals surface area contributed by atoms with Crippen molar-refractivity contribution in [2.75, 3.05) is 0 Å². The van der Waals surface area contributed by atoms with Gasteiger partial charge in [-0.05, 0) is 25.1 Å². The van der Waals surface area contributed by atoms with E-state index >= 15 is 0 Å². The molecule has 0 N–H and O–H groups in total. The lowest BCUT2D eigenvalue weighted by Crippen LogP contribution is -2.10. The molecule has 0 aromatic heterocycles. The SMILES string of the molecule is CC(C#N)Oc1ccc(Br)cc1S(=O)(=O)Cl. The number of nitrogens with zero attached hydrogens (tertiary/aromatic N) is 1. The second-order valence-electron chi connectivity index (χ2n) is 2.92. The van der Waals surface area contributed by atoms with Crippen LogP contribution in [0.2, 0.25) is 0 Å². The zero-order chi connectivity index (χ0) is 12.3. The third-order valence-electron chi connectivity index (χ3n) is 1.65. The Labute approximate surface area is 106 Å². The summed E-state index contributed by atoms with van der Waals surface area (Å²) in [6, 6.07) is 6.20. The van der Waals surface area contributed by atoms with Crippen LogP contribution >= 0.6 is 26.6 Å². The first kappa shape index (κ1) is 13.3. The van der Waals surface area contributed by atoms with E-state index < -0.39 is 15.2 Å². The smallest absolute Gasteiger partial charge is 0.265 e. The Morgan fingerprint density at radius 1 is 1.56 bits per heavy atom. The first-order chi connectivity index (χ1) is 7.34. The lowest BCUT2D eigenvalue weighted by Gasteiger charge is -2.10. The molecule has 16 heavy (non-hydrogen) atoms. The van der Waals surface area contributed by atoms with Gasteiger partial charge in [0.05, 0.1) is 0 Å². The number of benzene rings is 1. The van der Waals surface area contributed by atoms with Crippen LogP contribution in [0.4, 0.5) is 0 Å². The molecule has 0 aliphatic carbocycles. The van der Waals surface area contributed by atoms with Gasteiger partial charge < -0.3 is 4.74 Å². The van der Waals surface area contributed by atoms with E-state index in [9.17, 15) is 8.42 Å². The maximum atomic E-state index is 11.3. The van der Waals surface area contributed by atoms with Gasteiger partial charge in [0.2, 0.25) is 0 Å². The molecule has 1 atom stereocenters. The van der Waals surface area contributed by atoms with Crippen LogP contribution in [0, 0.1) is 11.3 Å². The fraction of sp³-hybridized carbons (Fsp3) is 0.222. The molecular formula is C9H7BrClNO3S. The highest BCUT2D eigenvalue weighted by Gasteiger charge is 2.18. The third-order valence-corrected chi connectivity index (χ3v) is 3.49. The van der Waals surface area contributed by atoms with E-state index in [2.05, 4.69) is 15.9 Å². The molecule has 7 heteroatoms. The summed E-state index contributed by atoms with van der Waals surface area (Å²) in [5.41, 5.74) is 0. The predicted octanol–water partition coefficient (Wildman–Crippen LogP) is 2.67. The zero-order valence-electron chi connectivity index (χ0n) is 8.15. The maximum absolute atomic E-state index is 11.3. The van der Waals surface area contributed by atoms with Crippen molar-refractivity contribution >= 4 is 35.7 Å². The summed E-state index contributed by atoms with van der Waals surface area (Å²) in [5.74, 6) is 0.0623. The van der Waals surface area contributed by atoms with Crippen LogP contribution in [-0.4, -0.2) is 14.5 Å². The number of hydrogen-bond donors (Lipinski definition) is 0. The fourth-order valence-corrected chi connectivity index (χ4v) is 2.49. The average Bonchev–Trinajstić information content (AvgIpc) is 2.19. The molecule has 0 saturated carbocycles. The molecule has 1 unspecified atom stereocenters. The van der Waals surface area contributed by atoms with Crippen molar-refractivity contribution in [3.63, 3.8) is 0 Å². The minimum absolute atomic E-state index is 0.0623. The molecule has 0 saturated heterocycles. The summed E-state index contributed by atoms with van der Waals surface area (Å²) in [6.45, 7) is 1.51. The molecule has 4 nitrogen and oxygen atoms in total. The second kappa shape index (κ2) is 5.04. The third kappa shape index (κ3) is 3.37. The Kier molecular flexibility index (Phi) is 4.19. The fourth-order valence-electron chi connectivity index (χ4n) is 0.987. The van der Waals surface area contributed by atoms with Crippen molar-refractivity contribution in [2.24, 2.45) is 0 Å². The van der Waals surface area contributed by atoms with E-state index in [-0.39, 0.29) is 10.6 Å². The highest BCUT2D eigenvalue weighted by Crippen LogP contribution is 2.30. The monoisotopic (exact) mass is 323 g/mol. The van der Waals surface area contributed by atoms with E-state index in [1.54, 1.807) is 6.07 Å². The number of ether oxygens (including phenoxy) is 1. The molecule has 0 amide bonds. The summed E-state index contributed by atoms with van der Waals surface area (Å²) in [7, 11) is 1.35. The molecular weight excluding hydrogens is 318 g/mol. The Morgan fingerprint density at radius 3 is 2.69 bits per heavy atom. The number of halogens is 2. The van der Waals surface area contributed by atoms with Crippen LogP contribution < -0.4 is 4.74 Å². The van der Waals surface area contributed by atoms with E-state index in [1.807, 2.05) is 6.07 Å². The van der Waals surface area contributed by atoms with Gasteiger partial charge in [0.25, 0.3) is 9.05 Å². The molecule has 0 aliphatic heterocycles. The normalized spacial score (nSPS) is 12.9. The topological polar surface area (TPSA) is 67.2 Å². The molecule has 1 rings (SSSR count). The van der Waals surface area contributed by atoms with Crippen LogP contribution in [0.5, 0.6) is 5.75 Å². The van der Waals surface area contributed by atoms with Crippen molar-refractivity contribution in [1.82, 2.24) is 0 Å². The first-order valence-corrected chi connectivity index (χ1v) is 7.25.